The van der Waals surface area contributed by atoms with Crippen molar-refractivity contribution < 1.29 is 13.2 Å². The summed E-state index contributed by atoms with van der Waals surface area (Å²) < 4.78 is 27.5. The van der Waals surface area contributed by atoms with Crippen molar-refractivity contribution in [2.45, 2.75) is 18.4 Å². The minimum atomic E-state index is -3.67. The number of ketones is 1. The van der Waals surface area contributed by atoms with Crippen LogP contribution in [-0.2, 0) is 16.6 Å². The molecular formula is C16H14BrNO3S. The number of fused-ring (bicyclic) bond motifs is 1. The molecule has 0 saturated carbocycles. The Morgan fingerprint density at radius 2 is 1.73 bits per heavy atom. The van der Waals surface area contributed by atoms with E-state index in [1.54, 1.807) is 42.5 Å². The second kappa shape index (κ2) is 5.61. The molecule has 0 fully saturated rings. The smallest absolute Gasteiger partial charge is 0.243 e. The van der Waals surface area contributed by atoms with Crippen molar-refractivity contribution >= 4 is 31.7 Å². The molecule has 4 nitrogen and oxygen atoms in total. The molecule has 0 bridgehead atoms. The minimum absolute atomic E-state index is 0.120. The van der Waals surface area contributed by atoms with E-state index in [1.165, 1.54) is 4.31 Å². The fraction of sp³-hybridized carbons (Fsp3) is 0.188. The van der Waals surface area contributed by atoms with Crippen molar-refractivity contribution in [3.05, 3.63) is 63.6 Å². The van der Waals surface area contributed by atoms with Gasteiger partial charge in [0, 0.05) is 16.6 Å². The Bertz CT molecular complexity index is 844. The third-order valence-electron chi connectivity index (χ3n) is 3.69. The highest BCUT2D eigenvalue weighted by atomic mass is 79.9. The molecule has 114 valence electrons. The van der Waals surface area contributed by atoms with E-state index in [0.29, 0.717) is 5.56 Å². The van der Waals surface area contributed by atoms with Crippen LogP contribution in [0.1, 0.15) is 21.5 Å². The summed E-state index contributed by atoms with van der Waals surface area (Å²) >= 11 is 3.35. The lowest BCUT2D eigenvalue weighted by molar-refractivity contribution is 0.0949. The third kappa shape index (κ3) is 2.74. The van der Waals surface area contributed by atoms with Crippen LogP contribution in [0.25, 0.3) is 0 Å². The molecule has 1 heterocycles. The van der Waals surface area contributed by atoms with Gasteiger partial charge in [-0.25, -0.2) is 8.42 Å². The van der Waals surface area contributed by atoms with Crippen LogP contribution in [-0.4, -0.2) is 25.1 Å². The van der Waals surface area contributed by atoms with E-state index in [4.69, 9.17) is 0 Å². The van der Waals surface area contributed by atoms with Crippen LogP contribution in [0.15, 0.2) is 51.8 Å². The molecule has 2 aromatic carbocycles. The van der Waals surface area contributed by atoms with Gasteiger partial charge in [-0.1, -0.05) is 33.6 Å². The zero-order valence-corrected chi connectivity index (χ0v) is 14.3. The number of nitrogens with zero attached hydrogens (tertiary/aromatic N) is 1. The normalized spacial score (nSPS) is 15.6. The van der Waals surface area contributed by atoms with Crippen LogP contribution in [0, 0.1) is 6.92 Å². The zero-order valence-electron chi connectivity index (χ0n) is 11.9. The minimum Gasteiger partial charge on any atom is -0.293 e. The van der Waals surface area contributed by atoms with Crippen LogP contribution in [0.3, 0.4) is 0 Å². The van der Waals surface area contributed by atoms with Gasteiger partial charge in [-0.3, -0.25) is 4.79 Å². The average molecular weight is 380 g/mol. The lowest BCUT2D eigenvalue weighted by Crippen LogP contribution is -2.39. The molecule has 3 rings (SSSR count). The number of carbonyl (C=O) groups excluding carboxylic acids is 1. The lowest BCUT2D eigenvalue weighted by Gasteiger charge is -2.27. The largest absolute Gasteiger partial charge is 0.293 e. The number of rotatable bonds is 2. The third-order valence-corrected chi connectivity index (χ3v) is 5.99. The number of aryl methyl sites for hydroxylation is 1. The van der Waals surface area contributed by atoms with Crippen molar-refractivity contribution in [3.63, 3.8) is 0 Å². The van der Waals surface area contributed by atoms with E-state index < -0.39 is 10.0 Å². The number of halogens is 1. The average Bonchev–Trinajstić information content (AvgIpc) is 2.47. The number of hydrogen-bond donors (Lipinski definition) is 0. The maximum absolute atomic E-state index is 12.7. The van der Waals surface area contributed by atoms with E-state index in [9.17, 15) is 13.2 Å². The summed E-state index contributed by atoms with van der Waals surface area (Å²) in [5.74, 6) is -0.176. The molecular weight excluding hydrogens is 366 g/mol. The Kier molecular flexibility index (Phi) is 3.92. The van der Waals surface area contributed by atoms with Crippen molar-refractivity contribution in [1.82, 2.24) is 4.31 Å². The first-order valence-corrected chi connectivity index (χ1v) is 9.00. The Morgan fingerprint density at radius 1 is 1.05 bits per heavy atom. The maximum Gasteiger partial charge on any atom is 0.243 e. The number of sulfonamides is 1. The predicted octanol–water partition coefficient (Wildman–Crippen LogP) is 3.14. The Morgan fingerprint density at radius 3 is 2.41 bits per heavy atom. The van der Waals surface area contributed by atoms with Gasteiger partial charge in [0.2, 0.25) is 10.0 Å². The highest BCUT2D eigenvalue weighted by molar-refractivity contribution is 9.10. The first-order chi connectivity index (χ1) is 10.4. The van der Waals surface area contributed by atoms with Crippen molar-refractivity contribution in [2.75, 3.05) is 6.54 Å². The van der Waals surface area contributed by atoms with Gasteiger partial charge in [0.25, 0.3) is 0 Å². The summed E-state index contributed by atoms with van der Waals surface area (Å²) in [6.07, 6.45) is 0. The van der Waals surface area contributed by atoms with E-state index in [1.807, 2.05) is 6.92 Å². The first-order valence-electron chi connectivity index (χ1n) is 6.76. The molecule has 0 radical (unpaired) electrons. The molecule has 1 aliphatic heterocycles. The summed E-state index contributed by atoms with van der Waals surface area (Å²) in [5.41, 5.74) is 2.31. The molecule has 0 aromatic heterocycles. The van der Waals surface area contributed by atoms with Crippen LogP contribution in [0.5, 0.6) is 0 Å². The van der Waals surface area contributed by atoms with Gasteiger partial charge >= 0.3 is 0 Å². The van der Waals surface area contributed by atoms with Crippen molar-refractivity contribution in [3.8, 4) is 0 Å². The molecule has 1 aliphatic rings. The summed E-state index contributed by atoms with van der Waals surface area (Å²) in [6.45, 7) is 1.98. The highest BCUT2D eigenvalue weighted by Gasteiger charge is 2.32. The SMILES string of the molecule is Cc1ccc(S(=O)(=O)N2CC(=O)c3ccc(Br)cc3C2)cc1. The molecule has 0 amide bonds. The monoisotopic (exact) mass is 379 g/mol. The molecule has 6 heteroatoms. The summed E-state index contributed by atoms with van der Waals surface area (Å²) in [7, 11) is -3.67. The van der Waals surface area contributed by atoms with Gasteiger partial charge in [-0.2, -0.15) is 4.31 Å². The van der Waals surface area contributed by atoms with Crippen LogP contribution >= 0.6 is 15.9 Å². The van der Waals surface area contributed by atoms with Gasteiger partial charge in [-0.05, 0) is 42.8 Å². The van der Waals surface area contributed by atoms with Gasteiger partial charge in [0.1, 0.15) is 0 Å². The second-order valence-electron chi connectivity index (χ2n) is 5.31. The zero-order chi connectivity index (χ0) is 15.9. The Hall–Kier alpha value is -1.50. The lowest BCUT2D eigenvalue weighted by atomic mass is 10.0. The van der Waals surface area contributed by atoms with Gasteiger partial charge in [0.05, 0.1) is 11.4 Å². The number of carbonyl (C=O) groups is 1. The van der Waals surface area contributed by atoms with Crippen molar-refractivity contribution in [2.24, 2.45) is 0 Å². The van der Waals surface area contributed by atoms with E-state index in [0.717, 1.165) is 15.6 Å². The summed E-state index contributed by atoms with van der Waals surface area (Å²) in [6, 6.07) is 12.0. The molecule has 22 heavy (non-hydrogen) atoms. The fourth-order valence-electron chi connectivity index (χ4n) is 2.49. The van der Waals surface area contributed by atoms with E-state index in [-0.39, 0.29) is 23.8 Å². The fourth-order valence-corrected chi connectivity index (χ4v) is 4.27. The van der Waals surface area contributed by atoms with Crippen LogP contribution in [0.2, 0.25) is 0 Å². The first kappa shape index (κ1) is 15.4. The standard InChI is InChI=1S/C16H14BrNO3S/c1-11-2-5-14(6-3-11)22(20,21)18-9-12-8-13(17)4-7-15(12)16(19)10-18/h2-8H,9-10H2,1H3. The quantitative estimate of drug-likeness (QED) is 0.805. The van der Waals surface area contributed by atoms with E-state index >= 15 is 0 Å². The molecule has 0 saturated heterocycles. The Balaban J connectivity index is 1.99. The Labute approximate surface area is 137 Å². The van der Waals surface area contributed by atoms with Crippen LogP contribution < -0.4 is 0 Å². The molecule has 0 unspecified atom stereocenters. The maximum atomic E-state index is 12.7. The number of Topliss-reactive ketones (excluding diaryl/α,β-unsaturated/α-hetero) is 1. The molecule has 0 aliphatic carbocycles. The molecule has 2 aromatic rings. The van der Waals surface area contributed by atoms with Gasteiger partial charge < -0.3 is 0 Å². The second-order valence-corrected chi connectivity index (χ2v) is 8.16. The van der Waals surface area contributed by atoms with E-state index in [2.05, 4.69) is 15.9 Å². The topological polar surface area (TPSA) is 54.5 Å². The molecule has 0 spiro atoms. The molecule has 0 N–H and O–H groups in total. The number of hydrogen-bond acceptors (Lipinski definition) is 3. The number of benzene rings is 2. The van der Waals surface area contributed by atoms with Crippen LogP contribution in [0.4, 0.5) is 0 Å². The highest BCUT2D eigenvalue weighted by Crippen LogP contribution is 2.27. The molecule has 0 atom stereocenters. The summed E-state index contributed by atoms with van der Waals surface area (Å²) in [5, 5.41) is 0. The van der Waals surface area contributed by atoms with Crippen molar-refractivity contribution in [1.29, 1.82) is 0 Å². The van der Waals surface area contributed by atoms with Gasteiger partial charge in [0.15, 0.2) is 5.78 Å². The van der Waals surface area contributed by atoms with Gasteiger partial charge in [-0.15, -0.1) is 0 Å². The summed E-state index contributed by atoms with van der Waals surface area (Å²) in [4.78, 5) is 12.4. The predicted molar refractivity (Wildman–Crippen MR) is 87.2 cm³/mol.